The van der Waals surface area contributed by atoms with E-state index in [0.717, 1.165) is 18.0 Å². The summed E-state index contributed by atoms with van der Waals surface area (Å²) >= 11 is 0. The largest absolute Gasteiger partial charge is 0.494 e. The lowest BCUT2D eigenvalue weighted by molar-refractivity contribution is 0.169. The second-order valence-corrected chi connectivity index (χ2v) is 4.07. The van der Waals surface area contributed by atoms with Gasteiger partial charge in [0.2, 0.25) is 0 Å². The zero-order chi connectivity index (χ0) is 13.2. The van der Waals surface area contributed by atoms with E-state index < -0.39 is 0 Å². The molecule has 1 aromatic rings. The molecule has 1 N–H and O–H groups in total. The van der Waals surface area contributed by atoms with E-state index in [9.17, 15) is 0 Å². The number of ether oxygens (including phenoxy) is 3. The number of nitrogens with one attached hydrogen (secondary N) is 1. The molecule has 0 spiro atoms. The summed E-state index contributed by atoms with van der Waals surface area (Å²) in [5.41, 5.74) is 0. The molecule has 102 valence electrons. The highest BCUT2D eigenvalue weighted by Gasteiger charge is 2.00. The number of hydrogen-bond donors (Lipinski definition) is 1. The third-order valence-corrected chi connectivity index (χ3v) is 2.40. The van der Waals surface area contributed by atoms with Crippen molar-refractivity contribution in [2.24, 2.45) is 0 Å². The van der Waals surface area contributed by atoms with Crippen LogP contribution in [-0.4, -0.2) is 39.5 Å². The first-order valence-corrected chi connectivity index (χ1v) is 6.34. The van der Waals surface area contributed by atoms with Crippen LogP contribution in [0.25, 0.3) is 0 Å². The van der Waals surface area contributed by atoms with Gasteiger partial charge in [0.1, 0.15) is 18.1 Å². The molecule has 0 saturated carbocycles. The first-order chi connectivity index (χ1) is 8.76. The smallest absolute Gasteiger partial charge is 0.123 e. The van der Waals surface area contributed by atoms with Crippen LogP contribution in [-0.2, 0) is 4.74 Å². The van der Waals surface area contributed by atoms with Crippen LogP contribution in [0.5, 0.6) is 11.5 Å². The van der Waals surface area contributed by atoms with Crippen molar-refractivity contribution in [3.63, 3.8) is 0 Å². The van der Waals surface area contributed by atoms with Gasteiger partial charge in [0.05, 0.1) is 13.2 Å². The highest BCUT2D eigenvalue weighted by atomic mass is 16.5. The zero-order valence-electron chi connectivity index (χ0n) is 11.4. The summed E-state index contributed by atoms with van der Waals surface area (Å²) in [7, 11) is 1.70. The molecule has 1 aromatic carbocycles. The molecule has 4 nitrogen and oxygen atoms in total. The summed E-state index contributed by atoms with van der Waals surface area (Å²) in [4.78, 5) is 0. The fraction of sp³-hybridized carbons (Fsp3) is 0.571. The Bertz CT molecular complexity index is 331. The fourth-order valence-electron chi connectivity index (χ4n) is 1.60. The van der Waals surface area contributed by atoms with Gasteiger partial charge in [-0.2, -0.15) is 0 Å². The van der Waals surface area contributed by atoms with Crippen molar-refractivity contribution in [3.8, 4) is 11.5 Å². The molecule has 0 heterocycles. The predicted molar refractivity (Wildman–Crippen MR) is 72.4 cm³/mol. The van der Waals surface area contributed by atoms with Crippen molar-refractivity contribution in [1.82, 2.24) is 5.32 Å². The molecule has 1 atom stereocenters. The van der Waals surface area contributed by atoms with Crippen LogP contribution in [0.15, 0.2) is 24.3 Å². The second kappa shape index (κ2) is 8.78. The van der Waals surface area contributed by atoms with Crippen LogP contribution in [0.1, 0.15) is 13.8 Å². The van der Waals surface area contributed by atoms with Crippen LogP contribution in [0.3, 0.4) is 0 Å². The van der Waals surface area contributed by atoms with Gasteiger partial charge in [-0.05, 0) is 26.0 Å². The summed E-state index contributed by atoms with van der Waals surface area (Å²) in [6, 6.07) is 8.04. The molecule has 0 aliphatic rings. The van der Waals surface area contributed by atoms with Gasteiger partial charge in [-0.25, -0.2) is 0 Å². The summed E-state index contributed by atoms with van der Waals surface area (Å²) in [6.07, 6.45) is 0. The number of benzene rings is 1. The lowest BCUT2D eigenvalue weighted by Gasteiger charge is -2.13. The fourth-order valence-corrected chi connectivity index (χ4v) is 1.60. The van der Waals surface area contributed by atoms with Gasteiger partial charge < -0.3 is 19.5 Å². The number of hydrogen-bond acceptors (Lipinski definition) is 4. The van der Waals surface area contributed by atoms with E-state index in [-0.39, 0.29) is 0 Å². The van der Waals surface area contributed by atoms with Crippen molar-refractivity contribution in [2.45, 2.75) is 19.9 Å². The molecule has 0 fully saturated rings. The van der Waals surface area contributed by atoms with Crippen LogP contribution in [0.2, 0.25) is 0 Å². The van der Waals surface area contributed by atoms with Crippen molar-refractivity contribution in [1.29, 1.82) is 0 Å². The maximum absolute atomic E-state index is 5.64. The maximum atomic E-state index is 5.64. The second-order valence-electron chi connectivity index (χ2n) is 4.07. The highest BCUT2D eigenvalue weighted by Crippen LogP contribution is 2.18. The summed E-state index contributed by atoms with van der Waals surface area (Å²) in [5, 5.41) is 3.31. The van der Waals surface area contributed by atoms with Crippen LogP contribution >= 0.6 is 0 Å². The molecule has 0 aliphatic heterocycles. The summed E-state index contributed by atoms with van der Waals surface area (Å²) in [6.45, 7) is 6.85. The van der Waals surface area contributed by atoms with Crippen molar-refractivity contribution < 1.29 is 14.2 Å². The quantitative estimate of drug-likeness (QED) is 0.684. The molecule has 1 unspecified atom stereocenters. The Morgan fingerprint density at radius 2 is 1.94 bits per heavy atom. The van der Waals surface area contributed by atoms with Gasteiger partial charge >= 0.3 is 0 Å². The third-order valence-electron chi connectivity index (χ3n) is 2.40. The summed E-state index contributed by atoms with van der Waals surface area (Å²) in [5.74, 6) is 1.68. The van der Waals surface area contributed by atoms with Crippen LogP contribution in [0, 0.1) is 0 Å². The van der Waals surface area contributed by atoms with E-state index in [0.29, 0.717) is 25.9 Å². The van der Waals surface area contributed by atoms with Gasteiger partial charge in [0, 0.05) is 25.8 Å². The Morgan fingerprint density at radius 1 is 1.22 bits per heavy atom. The third kappa shape index (κ3) is 5.89. The highest BCUT2D eigenvalue weighted by molar-refractivity contribution is 5.32. The monoisotopic (exact) mass is 253 g/mol. The van der Waals surface area contributed by atoms with Gasteiger partial charge in [-0.1, -0.05) is 6.07 Å². The van der Waals surface area contributed by atoms with Gasteiger partial charge in [-0.3, -0.25) is 0 Å². The first-order valence-electron chi connectivity index (χ1n) is 6.34. The molecule has 0 bridgehead atoms. The minimum atomic E-state index is 0.341. The van der Waals surface area contributed by atoms with Gasteiger partial charge in [0.15, 0.2) is 0 Å². The normalized spacial score (nSPS) is 12.2. The Morgan fingerprint density at radius 3 is 2.61 bits per heavy atom. The topological polar surface area (TPSA) is 39.7 Å². The molecule has 0 saturated heterocycles. The molecular formula is C14H23NO3. The molecule has 0 radical (unpaired) electrons. The lowest BCUT2D eigenvalue weighted by Crippen LogP contribution is -2.33. The van der Waals surface area contributed by atoms with E-state index in [2.05, 4.69) is 12.2 Å². The maximum Gasteiger partial charge on any atom is 0.123 e. The van der Waals surface area contributed by atoms with Crippen LogP contribution in [0.4, 0.5) is 0 Å². The van der Waals surface area contributed by atoms with E-state index in [4.69, 9.17) is 14.2 Å². The molecule has 1 rings (SSSR count). The Balaban J connectivity index is 2.24. The zero-order valence-corrected chi connectivity index (χ0v) is 11.4. The lowest BCUT2D eigenvalue weighted by atomic mass is 10.3. The van der Waals surface area contributed by atoms with Crippen molar-refractivity contribution in [3.05, 3.63) is 24.3 Å². The van der Waals surface area contributed by atoms with Crippen molar-refractivity contribution >= 4 is 0 Å². The first kappa shape index (κ1) is 14.8. The standard InChI is InChI=1S/C14H23NO3/c1-4-17-13-6-5-7-14(10-13)18-9-8-15-12(2)11-16-3/h5-7,10,12,15H,4,8-9,11H2,1-3H3. The number of methoxy groups -OCH3 is 1. The van der Waals surface area contributed by atoms with Crippen LogP contribution < -0.4 is 14.8 Å². The van der Waals surface area contributed by atoms with E-state index in [1.165, 1.54) is 0 Å². The summed E-state index contributed by atoms with van der Waals surface area (Å²) < 4.78 is 16.1. The average Bonchev–Trinajstić information content (AvgIpc) is 2.36. The molecule has 4 heteroatoms. The molecule has 0 aromatic heterocycles. The minimum Gasteiger partial charge on any atom is -0.494 e. The Hall–Kier alpha value is -1.26. The molecule has 0 amide bonds. The molecule has 18 heavy (non-hydrogen) atoms. The average molecular weight is 253 g/mol. The SMILES string of the molecule is CCOc1cccc(OCCNC(C)COC)c1. The predicted octanol–water partition coefficient (Wildman–Crippen LogP) is 2.09. The number of rotatable bonds is 9. The Kier molecular flexibility index (Phi) is 7.22. The minimum absolute atomic E-state index is 0.341. The molecule has 0 aliphatic carbocycles. The Labute approximate surface area is 109 Å². The van der Waals surface area contributed by atoms with Crippen molar-refractivity contribution in [2.75, 3.05) is 33.5 Å². The van der Waals surface area contributed by atoms with E-state index in [1.54, 1.807) is 7.11 Å². The van der Waals surface area contributed by atoms with E-state index in [1.807, 2.05) is 31.2 Å². The van der Waals surface area contributed by atoms with Gasteiger partial charge in [-0.15, -0.1) is 0 Å². The van der Waals surface area contributed by atoms with E-state index >= 15 is 0 Å². The van der Waals surface area contributed by atoms with Gasteiger partial charge in [0.25, 0.3) is 0 Å². The molecular weight excluding hydrogens is 230 g/mol.